The molecule has 1 aromatic carbocycles. The number of hydrogen-bond donors (Lipinski definition) is 1. The Morgan fingerprint density at radius 1 is 1.30 bits per heavy atom. The molecule has 0 spiro atoms. The molecule has 1 fully saturated rings. The first-order valence-electron chi connectivity index (χ1n) is 8.70. The predicted octanol–water partition coefficient (Wildman–Crippen LogP) is 2.33. The number of aryl methyl sites for hydroxylation is 1. The molecule has 1 saturated heterocycles. The number of benzene rings is 1. The highest BCUT2D eigenvalue weighted by molar-refractivity contribution is 5.77. The molecule has 1 aliphatic heterocycles. The second-order valence-electron chi connectivity index (χ2n) is 7.15. The minimum absolute atomic E-state index is 0.0431. The van der Waals surface area contributed by atoms with Crippen molar-refractivity contribution in [1.29, 1.82) is 0 Å². The number of nitrogens with one attached hydrogen (secondary N) is 1. The van der Waals surface area contributed by atoms with Crippen molar-refractivity contribution in [2.75, 3.05) is 33.9 Å². The molecule has 126 valence electrons. The first kappa shape index (κ1) is 16.5. The molecule has 23 heavy (non-hydrogen) atoms. The zero-order chi connectivity index (χ0) is 16.3. The van der Waals surface area contributed by atoms with E-state index in [2.05, 4.69) is 48.6 Å². The van der Waals surface area contributed by atoms with Gasteiger partial charge in [-0.05, 0) is 56.8 Å². The van der Waals surface area contributed by atoms with Crippen LogP contribution in [0.5, 0.6) is 0 Å². The van der Waals surface area contributed by atoms with Crippen LogP contribution in [-0.4, -0.2) is 50.2 Å². The largest absolute Gasteiger partial charge is 0.381 e. The fraction of sp³-hybridized carbons (Fsp3) is 0.632. The van der Waals surface area contributed by atoms with Crippen LogP contribution in [0.4, 0.5) is 0 Å². The van der Waals surface area contributed by atoms with E-state index in [1.54, 1.807) is 0 Å². The van der Waals surface area contributed by atoms with Gasteiger partial charge in [0.05, 0.1) is 0 Å². The van der Waals surface area contributed by atoms with E-state index in [1.165, 1.54) is 11.1 Å². The Morgan fingerprint density at radius 3 is 2.78 bits per heavy atom. The monoisotopic (exact) mass is 316 g/mol. The number of carbonyl (C=O) groups is 1. The van der Waals surface area contributed by atoms with Gasteiger partial charge in [-0.15, -0.1) is 0 Å². The van der Waals surface area contributed by atoms with E-state index in [4.69, 9.17) is 4.74 Å². The van der Waals surface area contributed by atoms with E-state index in [0.717, 1.165) is 45.4 Å². The molecule has 1 heterocycles. The topological polar surface area (TPSA) is 41.6 Å². The third-order valence-corrected chi connectivity index (χ3v) is 5.68. The molecule has 2 aliphatic rings. The van der Waals surface area contributed by atoms with Crippen molar-refractivity contribution in [3.63, 3.8) is 0 Å². The standard InChI is InChI=1S/C19H28N2O2/c1-21(2)19(9-11-23-12-10-19)14-20-18(22)13-16-8-7-15-5-3-4-6-17(15)16/h3-6,16H,7-14H2,1-2H3,(H,20,22)/t16-/m1/s1. The van der Waals surface area contributed by atoms with Crippen LogP contribution < -0.4 is 5.32 Å². The van der Waals surface area contributed by atoms with Gasteiger partial charge < -0.3 is 15.0 Å². The number of carbonyl (C=O) groups excluding carboxylic acids is 1. The fourth-order valence-electron chi connectivity index (χ4n) is 3.95. The molecule has 4 nitrogen and oxygen atoms in total. The molecule has 0 saturated carbocycles. The summed E-state index contributed by atoms with van der Waals surface area (Å²) >= 11 is 0. The Morgan fingerprint density at radius 2 is 2.04 bits per heavy atom. The van der Waals surface area contributed by atoms with Gasteiger partial charge in [0.1, 0.15) is 0 Å². The summed E-state index contributed by atoms with van der Waals surface area (Å²) in [5, 5.41) is 3.20. The van der Waals surface area contributed by atoms with Gasteiger partial charge in [-0.3, -0.25) is 4.79 Å². The number of amides is 1. The summed E-state index contributed by atoms with van der Waals surface area (Å²) in [5.74, 6) is 0.565. The summed E-state index contributed by atoms with van der Waals surface area (Å²) in [7, 11) is 4.20. The van der Waals surface area contributed by atoms with Gasteiger partial charge in [0, 0.05) is 31.7 Å². The highest BCUT2D eigenvalue weighted by Crippen LogP contribution is 2.35. The third-order valence-electron chi connectivity index (χ3n) is 5.68. The predicted molar refractivity (Wildman–Crippen MR) is 91.6 cm³/mol. The minimum Gasteiger partial charge on any atom is -0.381 e. The Balaban J connectivity index is 1.56. The van der Waals surface area contributed by atoms with Gasteiger partial charge in [0.2, 0.25) is 5.91 Å². The van der Waals surface area contributed by atoms with Crippen molar-refractivity contribution >= 4 is 5.91 Å². The van der Waals surface area contributed by atoms with E-state index in [0.29, 0.717) is 12.3 Å². The maximum atomic E-state index is 12.5. The van der Waals surface area contributed by atoms with Crippen molar-refractivity contribution in [2.45, 2.75) is 43.6 Å². The smallest absolute Gasteiger partial charge is 0.220 e. The Kier molecular flexibility index (Phi) is 5.02. The van der Waals surface area contributed by atoms with Crippen molar-refractivity contribution in [3.05, 3.63) is 35.4 Å². The molecule has 1 aromatic rings. The molecule has 1 aliphatic carbocycles. The molecule has 0 unspecified atom stereocenters. The van der Waals surface area contributed by atoms with Crippen LogP contribution in [0.15, 0.2) is 24.3 Å². The number of fused-ring (bicyclic) bond motifs is 1. The SMILES string of the molecule is CN(C)C1(CNC(=O)C[C@H]2CCc3ccccc32)CCOCC1. The molecule has 0 bridgehead atoms. The van der Waals surface area contributed by atoms with E-state index < -0.39 is 0 Å². The lowest BCUT2D eigenvalue weighted by Gasteiger charge is -2.42. The zero-order valence-corrected chi connectivity index (χ0v) is 14.3. The quantitative estimate of drug-likeness (QED) is 0.906. The number of nitrogens with zero attached hydrogens (tertiary/aromatic N) is 1. The van der Waals surface area contributed by atoms with Gasteiger partial charge >= 0.3 is 0 Å². The lowest BCUT2D eigenvalue weighted by atomic mass is 9.88. The maximum Gasteiger partial charge on any atom is 0.220 e. The van der Waals surface area contributed by atoms with Gasteiger partial charge in [-0.1, -0.05) is 24.3 Å². The number of likely N-dealkylation sites (N-methyl/N-ethyl adjacent to an activating group) is 1. The van der Waals surface area contributed by atoms with Crippen LogP contribution in [-0.2, 0) is 16.0 Å². The molecule has 0 radical (unpaired) electrons. The zero-order valence-electron chi connectivity index (χ0n) is 14.3. The average Bonchev–Trinajstić information content (AvgIpc) is 2.97. The third kappa shape index (κ3) is 3.59. The summed E-state index contributed by atoms with van der Waals surface area (Å²) in [6, 6.07) is 8.54. The van der Waals surface area contributed by atoms with E-state index >= 15 is 0 Å². The molecule has 0 aromatic heterocycles. The number of ether oxygens (including phenoxy) is 1. The maximum absolute atomic E-state index is 12.5. The van der Waals surface area contributed by atoms with E-state index in [-0.39, 0.29) is 11.4 Å². The highest BCUT2D eigenvalue weighted by Gasteiger charge is 2.35. The molecule has 3 rings (SSSR count). The Labute approximate surface area is 139 Å². The van der Waals surface area contributed by atoms with Crippen LogP contribution in [0, 0.1) is 0 Å². The molecule has 1 amide bonds. The van der Waals surface area contributed by atoms with Gasteiger partial charge in [0.25, 0.3) is 0 Å². The van der Waals surface area contributed by atoms with Gasteiger partial charge in [-0.25, -0.2) is 0 Å². The van der Waals surface area contributed by atoms with Gasteiger partial charge in [-0.2, -0.15) is 0 Å². The molecule has 1 N–H and O–H groups in total. The highest BCUT2D eigenvalue weighted by atomic mass is 16.5. The Bertz CT molecular complexity index is 550. The second-order valence-corrected chi connectivity index (χ2v) is 7.15. The number of hydrogen-bond acceptors (Lipinski definition) is 3. The summed E-state index contributed by atoms with van der Waals surface area (Å²) in [6.45, 7) is 2.28. The second kappa shape index (κ2) is 7.02. The molecule has 4 heteroatoms. The Hall–Kier alpha value is -1.39. The summed E-state index contributed by atoms with van der Waals surface area (Å²) in [6.07, 6.45) is 4.77. The van der Waals surface area contributed by atoms with E-state index in [9.17, 15) is 4.79 Å². The van der Waals surface area contributed by atoms with E-state index in [1.807, 2.05) is 0 Å². The van der Waals surface area contributed by atoms with Crippen LogP contribution in [0.3, 0.4) is 0 Å². The lowest BCUT2D eigenvalue weighted by Crippen LogP contribution is -2.55. The lowest BCUT2D eigenvalue weighted by molar-refractivity contribution is -0.122. The molecular formula is C19H28N2O2. The van der Waals surface area contributed by atoms with Crippen molar-refractivity contribution in [3.8, 4) is 0 Å². The number of rotatable bonds is 5. The first-order valence-corrected chi connectivity index (χ1v) is 8.70. The van der Waals surface area contributed by atoms with Crippen LogP contribution in [0.25, 0.3) is 0 Å². The van der Waals surface area contributed by atoms with Crippen LogP contribution in [0.2, 0.25) is 0 Å². The van der Waals surface area contributed by atoms with Crippen LogP contribution in [0.1, 0.15) is 42.7 Å². The summed E-state index contributed by atoms with van der Waals surface area (Å²) < 4.78 is 5.49. The first-order chi connectivity index (χ1) is 11.1. The van der Waals surface area contributed by atoms with Crippen LogP contribution >= 0.6 is 0 Å². The molecule has 1 atom stereocenters. The minimum atomic E-state index is 0.0431. The fourth-order valence-corrected chi connectivity index (χ4v) is 3.95. The van der Waals surface area contributed by atoms with Crippen molar-refractivity contribution in [2.24, 2.45) is 0 Å². The van der Waals surface area contributed by atoms with Crippen molar-refractivity contribution < 1.29 is 9.53 Å². The average molecular weight is 316 g/mol. The van der Waals surface area contributed by atoms with Gasteiger partial charge in [0.15, 0.2) is 0 Å². The summed E-state index contributed by atoms with van der Waals surface area (Å²) in [5.41, 5.74) is 2.83. The summed E-state index contributed by atoms with van der Waals surface area (Å²) in [4.78, 5) is 14.7. The molecular weight excluding hydrogens is 288 g/mol. The normalized spacial score (nSPS) is 22.8. The van der Waals surface area contributed by atoms with Crippen molar-refractivity contribution in [1.82, 2.24) is 10.2 Å².